The maximum Gasteiger partial charge on any atom is 0.241 e. The Hall–Kier alpha value is -0.520. The fourth-order valence-corrected chi connectivity index (χ4v) is 2.89. The molecule has 2 aliphatic carbocycles. The Balaban J connectivity index is 1.85. The molecule has 2 rings (SSSR count). The summed E-state index contributed by atoms with van der Waals surface area (Å²) in [4.78, 5) is 11.5. The van der Waals surface area contributed by atoms with Crippen LogP contribution in [-0.4, -0.2) is 20.3 Å². The molecular formula is C9H15NO3S. The molecule has 0 aromatic heterocycles. The van der Waals surface area contributed by atoms with Crippen molar-refractivity contribution in [3.05, 3.63) is 12.7 Å². The zero-order valence-corrected chi connectivity index (χ0v) is 8.67. The molecule has 5 heteroatoms. The molecule has 0 bridgehead atoms. The monoisotopic (exact) mass is 217 g/mol. The van der Waals surface area contributed by atoms with Crippen LogP contribution >= 0.6 is 10.8 Å². The first-order valence-electron chi connectivity index (χ1n) is 4.76. The first-order valence-corrected chi connectivity index (χ1v) is 6.37. The zero-order chi connectivity index (χ0) is 10.3. The zero-order valence-electron chi connectivity index (χ0n) is 7.85. The Morgan fingerprint density at radius 3 is 2.57 bits per heavy atom. The minimum Gasteiger partial charge on any atom is -0.282 e. The third-order valence-electron chi connectivity index (χ3n) is 2.72. The summed E-state index contributed by atoms with van der Waals surface area (Å²) in [7, 11) is -2.86. The Kier molecular flexibility index (Phi) is 2.33. The van der Waals surface area contributed by atoms with Gasteiger partial charge in [-0.2, -0.15) is 0 Å². The fourth-order valence-electron chi connectivity index (χ4n) is 1.48. The van der Waals surface area contributed by atoms with Crippen LogP contribution in [-0.2, 0) is 4.79 Å². The van der Waals surface area contributed by atoms with Gasteiger partial charge in [-0.05, 0) is 25.2 Å². The van der Waals surface area contributed by atoms with Gasteiger partial charge < -0.3 is 0 Å². The van der Waals surface area contributed by atoms with Crippen molar-refractivity contribution in [2.24, 2.45) is 11.8 Å². The molecule has 0 saturated heterocycles. The van der Waals surface area contributed by atoms with E-state index in [1.165, 1.54) is 0 Å². The SMILES string of the molecule is C=CC1C[C@@H]1C(=O)NS(O)(O)C1CC1. The number of nitrogens with one attached hydrogen (secondary N) is 1. The summed E-state index contributed by atoms with van der Waals surface area (Å²) >= 11 is 0. The van der Waals surface area contributed by atoms with Gasteiger partial charge in [-0.25, -0.2) is 0 Å². The average Bonchev–Trinajstić information content (AvgIpc) is 2.98. The molecular weight excluding hydrogens is 202 g/mol. The maximum atomic E-state index is 11.5. The van der Waals surface area contributed by atoms with Crippen LogP contribution in [0.5, 0.6) is 0 Å². The van der Waals surface area contributed by atoms with Crippen LogP contribution < -0.4 is 4.72 Å². The number of amides is 1. The van der Waals surface area contributed by atoms with Crippen molar-refractivity contribution >= 4 is 16.7 Å². The van der Waals surface area contributed by atoms with E-state index < -0.39 is 10.8 Å². The quantitative estimate of drug-likeness (QED) is 0.628. The summed E-state index contributed by atoms with van der Waals surface area (Å²) in [5.74, 6) is -0.0939. The van der Waals surface area contributed by atoms with Crippen LogP contribution in [0.4, 0.5) is 0 Å². The first kappa shape index (κ1) is 10.0. The van der Waals surface area contributed by atoms with Crippen molar-refractivity contribution < 1.29 is 13.9 Å². The minimum absolute atomic E-state index is 0.0857. The Morgan fingerprint density at radius 2 is 2.14 bits per heavy atom. The molecule has 1 amide bonds. The predicted octanol–water partition coefficient (Wildman–Crippen LogP) is 1.75. The van der Waals surface area contributed by atoms with E-state index in [9.17, 15) is 13.9 Å². The van der Waals surface area contributed by atoms with Crippen LogP contribution in [0, 0.1) is 11.8 Å². The molecule has 14 heavy (non-hydrogen) atoms. The van der Waals surface area contributed by atoms with Gasteiger partial charge in [0.15, 0.2) is 0 Å². The van der Waals surface area contributed by atoms with Gasteiger partial charge in [-0.15, -0.1) is 17.4 Å². The van der Waals surface area contributed by atoms with Crippen molar-refractivity contribution in [1.82, 2.24) is 4.72 Å². The van der Waals surface area contributed by atoms with Crippen LogP contribution in [0.15, 0.2) is 12.7 Å². The molecule has 3 N–H and O–H groups in total. The standard InChI is InChI=1S/C9H15NO3S/c1-2-6-5-8(6)9(11)10-14(12,13)7-3-4-7/h2,6-8,12-13H,1,3-5H2,(H,10,11)/t6?,8-/m0/s1. The van der Waals surface area contributed by atoms with E-state index in [4.69, 9.17) is 0 Å². The molecule has 4 nitrogen and oxygen atoms in total. The lowest BCUT2D eigenvalue weighted by atomic mass is 10.3. The van der Waals surface area contributed by atoms with Crippen molar-refractivity contribution in [1.29, 1.82) is 0 Å². The van der Waals surface area contributed by atoms with Crippen molar-refractivity contribution in [3.63, 3.8) is 0 Å². The molecule has 0 aromatic carbocycles. The highest BCUT2D eigenvalue weighted by Gasteiger charge is 2.44. The first-order chi connectivity index (χ1) is 6.54. The molecule has 2 aliphatic rings. The molecule has 2 saturated carbocycles. The van der Waals surface area contributed by atoms with Crippen molar-refractivity contribution in [3.8, 4) is 0 Å². The average molecular weight is 217 g/mol. The van der Waals surface area contributed by atoms with Gasteiger partial charge in [0.25, 0.3) is 0 Å². The summed E-state index contributed by atoms with van der Waals surface area (Å²) < 4.78 is 21.4. The molecule has 2 atom stereocenters. The minimum atomic E-state index is -2.86. The second-order valence-corrected chi connectivity index (χ2v) is 6.06. The van der Waals surface area contributed by atoms with E-state index >= 15 is 0 Å². The lowest BCUT2D eigenvalue weighted by Gasteiger charge is -2.32. The summed E-state index contributed by atoms with van der Waals surface area (Å²) in [6.45, 7) is 3.60. The maximum absolute atomic E-state index is 11.5. The number of carbonyl (C=O) groups is 1. The smallest absolute Gasteiger partial charge is 0.241 e. The van der Waals surface area contributed by atoms with Crippen molar-refractivity contribution in [2.75, 3.05) is 0 Å². The van der Waals surface area contributed by atoms with E-state index in [0.29, 0.717) is 0 Å². The highest BCUT2D eigenvalue weighted by Crippen LogP contribution is 2.53. The van der Waals surface area contributed by atoms with Gasteiger partial charge in [0, 0.05) is 5.92 Å². The summed E-state index contributed by atoms with van der Waals surface area (Å²) in [6.07, 6.45) is 4.14. The van der Waals surface area contributed by atoms with Crippen LogP contribution in [0.25, 0.3) is 0 Å². The molecule has 0 spiro atoms. The molecule has 0 aromatic rings. The molecule has 0 heterocycles. The van der Waals surface area contributed by atoms with Gasteiger partial charge in [-0.3, -0.25) is 18.6 Å². The van der Waals surface area contributed by atoms with Gasteiger partial charge >= 0.3 is 0 Å². The summed E-state index contributed by atoms with van der Waals surface area (Å²) in [6, 6.07) is 0. The summed E-state index contributed by atoms with van der Waals surface area (Å²) in [5.41, 5.74) is 0. The Morgan fingerprint density at radius 1 is 1.50 bits per heavy atom. The fraction of sp³-hybridized carbons (Fsp3) is 0.667. The predicted molar refractivity (Wildman–Crippen MR) is 55.8 cm³/mol. The van der Waals surface area contributed by atoms with Gasteiger partial charge in [0.2, 0.25) is 5.91 Å². The van der Waals surface area contributed by atoms with Crippen LogP contribution in [0.3, 0.4) is 0 Å². The van der Waals surface area contributed by atoms with Gasteiger partial charge in [-0.1, -0.05) is 6.08 Å². The summed E-state index contributed by atoms with van der Waals surface area (Å²) in [5, 5.41) is -0.104. The molecule has 2 fully saturated rings. The highest BCUT2D eigenvalue weighted by molar-refractivity contribution is 8.23. The second-order valence-electron chi connectivity index (χ2n) is 4.00. The molecule has 0 radical (unpaired) electrons. The van der Waals surface area contributed by atoms with E-state index in [1.807, 2.05) is 0 Å². The van der Waals surface area contributed by atoms with Crippen LogP contribution in [0.2, 0.25) is 0 Å². The normalized spacial score (nSPS) is 32.1. The van der Waals surface area contributed by atoms with Crippen molar-refractivity contribution in [2.45, 2.75) is 24.5 Å². The molecule has 80 valence electrons. The third kappa shape index (κ3) is 1.94. The lowest BCUT2D eigenvalue weighted by Crippen LogP contribution is -2.31. The Bertz CT molecular complexity index is 275. The van der Waals surface area contributed by atoms with Gasteiger partial charge in [0.05, 0.1) is 5.25 Å². The van der Waals surface area contributed by atoms with Gasteiger partial charge in [0.1, 0.15) is 0 Å². The number of hydrogen-bond acceptors (Lipinski definition) is 3. The lowest BCUT2D eigenvalue weighted by molar-refractivity contribution is -0.120. The van der Waals surface area contributed by atoms with E-state index in [-0.39, 0.29) is 23.0 Å². The number of hydrogen-bond donors (Lipinski definition) is 3. The topological polar surface area (TPSA) is 69.6 Å². The highest BCUT2D eigenvalue weighted by atomic mass is 32.3. The van der Waals surface area contributed by atoms with E-state index in [2.05, 4.69) is 11.3 Å². The van der Waals surface area contributed by atoms with E-state index in [0.717, 1.165) is 19.3 Å². The van der Waals surface area contributed by atoms with E-state index in [1.54, 1.807) is 6.08 Å². The largest absolute Gasteiger partial charge is 0.282 e. The number of allylic oxidation sites excluding steroid dienone is 1. The van der Waals surface area contributed by atoms with Crippen LogP contribution in [0.1, 0.15) is 19.3 Å². The molecule has 1 unspecified atom stereocenters. The second kappa shape index (κ2) is 3.25. The third-order valence-corrected chi connectivity index (χ3v) is 4.62. The molecule has 0 aliphatic heterocycles. The number of rotatable bonds is 4. The Labute approximate surface area is 84.9 Å². The number of carbonyl (C=O) groups excluding carboxylic acids is 1.